The van der Waals surface area contributed by atoms with E-state index in [9.17, 15) is 26.7 Å². The third-order valence-electron chi connectivity index (χ3n) is 5.53. The molecule has 2 aromatic carbocycles. The zero-order valence-electron chi connectivity index (χ0n) is 18.5. The zero-order valence-corrected chi connectivity index (χ0v) is 20.9. The van der Waals surface area contributed by atoms with E-state index in [0.29, 0.717) is 36.2 Å². The van der Waals surface area contributed by atoms with Crippen molar-refractivity contribution in [2.45, 2.75) is 29.5 Å². The predicted octanol–water partition coefficient (Wildman–Crippen LogP) is 5.46. The van der Waals surface area contributed by atoms with Crippen LogP contribution in [0.15, 0.2) is 52.7 Å². The Morgan fingerprint density at radius 1 is 1.23 bits per heavy atom. The van der Waals surface area contributed by atoms with Crippen LogP contribution in [0.25, 0.3) is 11.1 Å². The van der Waals surface area contributed by atoms with Crippen molar-refractivity contribution in [2.75, 3.05) is 24.9 Å². The summed E-state index contributed by atoms with van der Waals surface area (Å²) in [6, 6.07) is 11.2. The summed E-state index contributed by atoms with van der Waals surface area (Å²) >= 11 is 7.12. The molecule has 0 spiro atoms. The molecule has 1 aromatic heterocycles. The summed E-state index contributed by atoms with van der Waals surface area (Å²) in [6.45, 7) is 0.986. The highest BCUT2D eigenvalue weighted by Crippen LogP contribution is 2.41. The summed E-state index contributed by atoms with van der Waals surface area (Å²) in [5.74, 6) is -0.427. The van der Waals surface area contributed by atoms with Gasteiger partial charge >= 0.3 is 6.18 Å². The molecule has 1 unspecified atom stereocenters. The van der Waals surface area contributed by atoms with Crippen molar-refractivity contribution in [3.8, 4) is 16.9 Å². The van der Waals surface area contributed by atoms with Crippen LogP contribution in [-0.4, -0.2) is 44.7 Å². The Morgan fingerprint density at radius 3 is 2.66 bits per heavy atom. The summed E-state index contributed by atoms with van der Waals surface area (Å²) in [7, 11) is -2.30. The molecule has 1 aliphatic rings. The van der Waals surface area contributed by atoms with Crippen molar-refractivity contribution < 1.29 is 31.4 Å². The number of anilines is 1. The molecule has 0 amide bonds. The highest BCUT2D eigenvalue weighted by Gasteiger charge is 2.36. The van der Waals surface area contributed by atoms with Crippen LogP contribution in [0.2, 0.25) is 4.34 Å². The van der Waals surface area contributed by atoms with E-state index in [1.54, 1.807) is 24.3 Å². The fourth-order valence-electron chi connectivity index (χ4n) is 3.81. The molecular weight excluding hydrogens is 525 g/mol. The number of ether oxygens (including phenoxy) is 1. The van der Waals surface area contributed by atoms with Gasteiger partial charge in [0.05, 0.1) is 17.9 Å². The first-order chi connectivity index (χ1) is 16.5. The molecule has 1 aliphatic heterocycles. The number of aliphatic hydroxyl groups is 1. The van der Waals surface area contributed by atoms with Crippen molar-refractivity contribution in [3.05, 3.63) is 64.0 Å². The molecule has 4 rings (SSSR count). The quantitative estimate of drug-likeness (QED) is 0.411. The van der Waals surface area contributed by atoms with Crippen molar-refractivity contribution in [2.24, 2.45) is 0 Å². The molecule has 1 fully saturated rings. The van der Waals surface area contributed by atoms with E-state index >= 15 is 0 Å². The molecule has 2 heterocycles. The SMILES string of the molecule is CN1CCC(Oc2cc(NS(=O)(=O)c3cc(-c4cccc(CO)c4)c(Cl)s3)ccc2C(F)(F)F)C1. The molecule has 0 aliphatic carbocycles. The van der Waals surface area contributed by atoms with Crippen molar-refractivity contribution in [1.82, 2.24) is 4.90 Å². The number of nitrogens with zero attached hydrogens (tertiary/aromatic N) is 1. The highest BCUT2D eigenvalue weighted by molar-refractivity contribution is 7.94. The van der Waals surface area contributed by atoms with E-state index < -0.39 is 33.6 Å². The lowest BCUT2D eigenvalue weighted by Gasteiger charge is -2.19. The minimum atomic E-state index is -4.66. The number of thiophene rings is 1. The van der Waals surface area contributed by atoms with E-state index in [0.717, 1.165) is 29.5 Å². The molecule has 0 radical (unpaired) electrons. The third-order valence-corrected chi connectivity index (χ3v) is 8.74. The van der Waals surface area contributed by atoms with Crippen LogP contribution in [0.4, 0.5) is 18.9 Å². The first-order valence-corrected chi connectivity index (χ1v) is 13.2. The van der Waals surface area contributed by atoms with E-state index in [-0.39, 0.29) is 20.8 Å². The molecule has 0 saturated carbocycles. The van der Waals surface area contributed by atoms with Gasteiger partial charge in [0, 0.05) is 24.7 Å². The molecule has 1 atom stereocenters. The van der Waals surface area contributed by atoms with E-state index in [2.05, 4.69) is 4.72 Å². The lowest BCUT2D eigenvalue weighted by molar-refractivity contribution is -0.139. The second-order valence-corrected chi connectivity index (χ2v) is 11.8. The molecular formula is C23H22ClF3N2O4S2. The van der Waals surface area contributed by atoms with Crippen molar-refractivity contribution in [3.63, 3.8) is 0 Å². The standard InChI is InChI=1S/C23H22ClF3N2O4S2/c1-29-8-7-17(12-29)33-20-10-16(5-6-19(20)23(25,26)27)28-35(31,32)21-11-18(22(24)34-21)15-4-2-3-14(9-15)13-30/h2-6,9-11,17,28,30H,7-8,12-13H2,1H3. The van der Waals surface area contributed by atoms with Gasteiger partial charge in [0.1, 0.15) is 20.4 Å². The number of nitrogens with one attached hydrogen (secondary N) is 1. The fraction of sp³-hybridized carbons (Fsp3) is 0.304. The Balaban J connectivity index is 1.62. The van der Waals surface area contributed by atoms with Gasteiger partial charge in [-0.05, 0) is 48.9 Å². The molecule has 12 heteroatoms. The smallest absolute Gasteiger partial charge is 0.419 e. The molecule has 1 saturated heterocycles. The van der Waals surface area contributed by atoms with E-state index in [4.69, 9.17) is 16.3 Å². The average molecular weight is 547 g/mol. The maximum atomic E-state index is 13.5. The Morgan fingerprint density at radius 2 is 2.00 bits per heavy atom. The summed E-state index contributed by atoms with van der Waals surface area (Å²) in [4.78, 5) is 1.94. The summed E-state index contributed by atoms with van der Waals surface area (Å²) < 4.78 is 74.8. The Hall–Kier alpha value is -2.31. The van der Waals surface area contributed by atoms with Gasteiger partial charge in [-0.1, -0.05) is 29.8 Å². The van der Waals surface area contributed by atoms with Crippen LogP contribution in [0.3, 0.4) is 0 Å². The van der Waals surface area contributed by atoms with E-state index in [1.165, 1.54) is 6.07 Å². The molecule has 3 aromatic rings. The van der Waals surface area contributed by atoms with Crippen molar-refractivity contribution in [1.29, 1.82) is 0 Å². The normalized spacial score (nSPS) is 17.0. The van der Waals surface area contributed by atoms with Crippen LogP contribution < -0.4 is 9.46 Å². The van der Waals surface area contributed by atoms with Gasteiger partial charge in [-0.2, -0.15) is 13.2 Å². The Kier molecular flexibility index (Phi) is 7.35. The highest BCUT2D eigenvalue weighted by atomic mass is 35.5. The lowest BCUT2D eigenvalue weighted by Crippen LogP contribution is -2.23. The van der Waals surface area contributed by atoms with Crippen LogP contribution in [0.1, 0.15) is 17.5 Å². The summed E-state index contributed by atoms with van der Waals surface area (Å²) in [5.41, 5.74) is 0.700. The van der Waals surface area contributed by atoms with Crippen LogP contribution in [0, 0.1) is 0 Å². The minimum Gasteiger partial charge on any atom is -0.488 e. The Labute approximate surface area is 210 Å². The maximum Gasteiger partial charge on any atom is 0.419 e. The summed E-state index contributed by atoms with van der Waals surface area (Å²) in [6.07, 6.45) is -4.52. The van der Waals surface area contributed by atoms with Gasteiger partial charge in [0.15, 0.2) is 0 Å². The van der Waals surface area contributed by atoms with Gasteiger partial charge < -0.3 is 14.7 Å². The number of hydrogen-bond acceptors (Lipinski definition) is 6. The first-order valence-electron chi connectivity index (χ1n) is 10.5. The van der Waals surface area contributed by atoms with E-state index in [1.807, 2.05) is 11.9 Å². The van der Waals surface area contributed by atoms with Gasteiger partial charge in [0.25, 0.3) is 10.0 Å². The second kappa shape index (κ2) is 9.98. The van der Waals surface area contributed by atoms with Crippen molar-refractivity contribution >= 4 is 38.6 Å². The minimum absolute atomic E-state index is 0.0623. The fourth-order valence-corrected chi connectivity index (χ4v) is 6.62. The molecule has 188 valence electrons. The van der Waals surface area contributed by atoms with Gasteiger partial charge in [-0.3, -0.25) is 4.72 Å². The monoisotopic (exact) mass is 546 g/mol. The number of aliphatic hydroxyl groups excluding tert-OH is 1. The maximum absolute atomic E-state index is 13.5. The predicted molar refractivity (Wildman–Crippen MR) is 129 cm³/mol. The molecule has 2 N–H and O–H groups in total. The third kappa shape index (κ3) is 5.92. The number of halogens is 4. The number of hydrogen-bond donors (Lipinski definition) is 2. The zero-order chi connectivity index (χ0) is 25.4. The Bertz CT molecular complexity index is 1330. The topological polar surface area (TPSA) is 78.9 Å². The molecule has 35 heavy (non-hydrogen) atoms. The van der Waals surface area contributed by atoms with Gasteiger partial charge in [-0.25, -0.2) is 8.42 Å². The number of likely N-dealkylation sites (N-methyl/N-ethyl adjacent to an activating group) is 1. The first kappa shape index (κ1) is 25.8. The number of rotatable bonds is 7. The number of alkyl halides is 3. The number of sulfonamides is 1. The van der Waals surface area contributed by atoms with Gasteiger partial charge in [-0.15, -0.1) is 11.3 Å². The van der Waals surface area contributed by atoms with Crippen LogP contribution >= 0.6 is 22.9 Å². The molecule has 0 bridgehead atoms. The molecule has 6 nitrogen and oxygen atoms in total. The lowest BCUT2D eigenvalue weighted by atomic mass is 10.1. The van der Waals surface area contributed by atoms with Crippen LogP contribution in [-0.2, 0) is 22.8 Å². The summed E-state index contributed by atoms with van der Waals surface area (Å²) in [5, 5.41) is 9.35. The van der Waals surface area contributed by atoms with Gasteiger partial charge in [0.2, 0.25) is 0 Å². The number of benzene rings is 2. The van der Waals surface area contributed by atoms with Crippen LogP contribution in [0.5, 0.6) is 5.75 Å². The largest absolute Gasteiger partial charge is 0.488 e. The average Bonchev–Trinajstić information content (AvgIpc) is 3.38. The number of likely N-dealkylation sites (tertiary alicyclic amines) is 1. The second-order valence-electron chi connectivity index (χ2n) is 8.22.